The fourth-order valence-electron chi connectivity index (χ4n) is 4.96. The Balaban J connectivity index is 1.57. The second-order valence-electron chi connectivity index (χ2n) is 8.65. The van der Waals surface area contributed by atoms with Crippen LogP contribution in [0.15, 0.2) is 41.8 Å². The number of piperidine rings is 1. The third kappa shape index (κ3) is 4.24. The van der Waals surface area contributed by atoms with E-state index in [4.69, 9.17) is 5.73 Å². The van der Waals surface area contributed by atoms with Crippen LogP contribution in [0.3, 0.4) is 0 Å². The van der Waals surface area contributed by atoms with Crippen LogP contribution in [-0.2, 0) is 20.8 Å². The van der Waals surface area contributed by atoms with Gasteiger partial charge < -0.3 is 15.5 Å². The topological polar surface area (TPSA) is 83.7 Å². The van der Waals surface area contributed by atoms with E-state index in [1.807, 2.05) is 30.5 Å². The second-order valence-corrected chi connectivity index (χ2v) is 9.60. The Morgan fingerprint density at radius 1 is 1.23 bits per heavy atom. The lowest BCUT2D eigenvalue weighted by Gasteiger charge is -2.42. The Hall–Kier alpha value is -2.67. The molecule has 164 valence electrons. The van der Waals surface area contributed by atoms with Crippen LogP contribution < -0.4 is 5.73 Å². The first-order valence-corrected chi connectivity index (χ1v) is 11.8. The van der Waals surface area contributed by atoms with E-state index in [1.54, 1.807) is 21.1 Å². The molecular formula is C24H29N3O3S. The zero-order valence-corrected chi connectivity index (χ0v) is 18.7. The highest BCUT2D eigenvalue weighted by molar-refractivity contribution is 7.13. The van der Waals surface area contributed by atoms with Crippen molar-refractivity contribution in [1.29, 1.82) is 0 Å². The van der Waals surface area contributed by atoms with E-state index in [2.05, 4.69) is 18.2 Å². The summed E-state index contributed by atoms with van der Waals surface area (Å²) < 4.78 is 0. The third-order valence-corrected chi connectivity index (χ3v) is 7.59. The van der Waals surface area contributed by atoms with Crippen molar-refractivity contribution >= 4 is 29.1 Å². The fourth-order valence-corrected chi connectivity index (χ4v) is 5.75. The molecule has 0 saturated carbocycles. The van der Waals surface area contributed by atoms with Crippen molar-refractivity contribution in [2.45, 2.75) is 32.6 Å². The van der Waals surface area contributed by atoms with Gasteiger partial charge in [0.05, 0.1) is 11.3 Å². The summed E-state index contributed by atoms with van der Waals surface area (Å²) in [4.78, 5) is 42.7. The molecule has 1 aromatic carbocycles. The number of likely N-dealkylation sites (tertiary alicyclic amines) is 2. The highest BCUT2D eigenvalue weighted by Crippen LogP contribution is 2.38. The van der Waals surface area contributed by atoms with Gasteiger partial charge in [-0.15, -0.1) is 11.3 Å². The number of nitrogens with two attached hydrogens (primary N) is 1. The van der Waals surface area contributed by atoms with Crippen molar-refractivity contribution in [3.8, 4) is 10.4 Å². The second kappa shape index (κ2) is 8.83. The zero-order chi connectivity index (χ0) is 22.0. The molecule has 2 aliphatic heterocycles. The molecule has 2 aromatic rings. The van der Waals surface area contributed by atoms with Gasteiger partial charge in [0, 0.05) is 37.5 Å². The van der Waals surface area contributed by atoms with Gasteiger partial charge in [0.1, 0.15) is 0 Å². The van der Waals surface area contributed by atoms with Crippen LogP contribution in [0, 0.1) is 11.3 Å². The fraction of sp³-hybridized carbons (Fsp3) is 0.458. The van der Waals surface area contributed by atoms with E-state index >= 15 is 0 Å². The summed E-state index contributed by atoms with van der Waals surface area (Å²) in [6.07, 6.45) is 2.16. The maximum Gasteiger partial charge on any atom is 0.228 e. The molecule has 0 unspecified atom stereocenters. The lowest BCUT2D eigenvalue weighted by molar-refractivity contribution is -0.143. The van der Waals surface area contributed by atoms with Crippen LogP contribution in [-0.4, -0.2) is 53.7 Å². The van der Waals surface area contributed by atoms with Gasteiger partial charge in [0.15, 0.2) is 0 Å². The lowest BCUT2D eigenvalue weighted by Crippen LogP contribution is -2.54. The van der Waals surface area contributed by atoms with Gasteiger partial charge in [-0.05, 0) is 48.8 Å². The number of hydrogen-bond donors (Lipinski definition) is 1. The van der Waals surface area contributed by atoms with Crippen molar-refractivity contribution in [1.82, 2.24) is 9.80 Å². The summed E-state index contributed by atoms with van der Waals surface area (Å²) in [5.74, 6) is -0.678. The summed E-state index contributed by atoms with van der Waals surface area (Å²) in [6, 6.07) is 12.2. The molecule has 2 fully saturated rings. The highest BCUT2D eigenvalue weighted by atomic mass is 32.1. The van der Waals surface area contributed by atoms with Crippen molar-refractivity contribution in [2.24, 2.45) is 17.1 Å². The lowest BCUT2D eigenvalue weighted by atomic mass is 9.73. The summed E-state index contributed by atoms with van der Waals surface area (Å²) in [5, 5.41) is 2.04. The van der Waals surface area contributed by atoms with E-state index in [1.165, 1.54) is 0 Å². The molecule has 3 heterocycles. The van der Waals surface area contributed by atoms with Crippen LogP contribution in [0.1, 0.15) is 31.7 Å². The molecule has 2 saturated heterocycles. The molecule has 3 amide bonds. The van der Waals surface area contributed by atoms with Gasteiger partial charge >= 0.3 is 0 Å². The average Bonchev–Trinajstić information content (AvgIpc) is 3.43. The summed E-state index contributed by atoms with van der Waals surface area (Å²) in [5.41, 5.74) is 7.35. The van der Waals surface area contributed by atoms with Crippen LogP contribution in [0.2, 0.25) is 0 Å². The molecule has 0 aliphatic carbocycles. The summed E-state index contributed by atoms with van der Waals surface area (Å²) in [6.45, 7) is 3.94. The monoisotopic (exact) mass is 439 g/mol. The number of nitrogens with zero attached hydrogens (tertiary/aromatic N) is 2. The predicted octanol–water partition coefficient (Wildman–Crippen LogP) is 2.92. The normalized spacial score (nSPS) is 23.9. The Labute approximate surface area is 187 Å². The van der Waals surface area contributed by atoms with Gasteiger partial charge in [-0.25, -0.2) is 0 Å². The van der Waals surface area contributed by atoms with Gasteiger partial charge in [-0.2, -0.15) is 0 Å². The van der Waals surface area contributed by atoms with Gasteiger partial charge in [-0.3, -0.25) is 14.4 Å². The van der Waals surface area contributed by atoms with Gasteiger partial charge in [0.25, 0.3) is 0 Å². The molecule has 0 bridgehead atoms. The molecule has 4 rings (SSSR count). The molecule has 0 spiro atoms. The van der Waals surface area contributed by atoms with Crippen molar-refractivity contribution in [3.63, 3.8) is 0 Å². The number of carbonyl (C=O) groups is 3. The number of thiophene rings is 1. The first-order valence-electron chi connectivity index (χ1n) is 10.9. The molecule has 6 nitrogen and oxygen atoms in total. The molecular weight excluding hydrogens is 410 g/mol. The molecule has 2 aliphatic rings. The minimum absolute atomic E-state index is 0.0267. The Morgan fingerprint density at radius 2 is 2.03 bits per heavy atom. The smallest absolute Gasteiger partial charge is 0.228 e. The number of benzene rings is 1. The number of hydrogen-bond acceptors (Lipinski definition) is 4. The van der Waals surface area contributed by atoms with Gasteiger partial charge in [0.2, 0.25) is 17.7 Å². The minimum Gasteiger partial charge on any atom is -0.369 e. The SMILES string of the molecule is CCN1C[C@@H](C(=O)N2CCC[C@@](Cc3ccccc3-c3cccs3)(C(N)=O)C2)CC1=O. The number of amides is 3. The van der Waals surface area contributed by atoms with E-state index in [0.29, 0.717) is 39.0 Å². The van der Waals surface area contributed by atoms with Crippen molar-refractivity contribution < 1.29 is 14.4 Å². The van der Waals surface area contributed by atoms with Crippen LogP contribution in [0.5, 0.6) is 0 Å². The van der Waals surface area contributed by atoms with E-state index < -0.39 is 5.41 Å². The van der Waals surface area contributed by atoms with Gasteiger partial charge in [-0.1, -0.05) is 30.3 Å². The first-order chi connectivity index (χ1) is 14.9. The van der Waals surface area contributed by atoms with Crippen molar-refractivity contribution in [2.75, 3.05) is 26.2 Å². The summed E-state index contributed by atoms with van der Waals surface area (Å²) in [7, 11) is 0. The molecule has 31 heavy (non-hydrogen) atoms. The van der Waals surface area contributed by atoms with E-state index in [9.17, 15) is 14.4 Å². The maximum atomic E-state index is 13.2. The Bertz CT molecular complexity index is 974. The van der Waals surface area contributed by atoms with E-state index in [-0.39, 0.29) is 30.1 Å². The molecule has 2 N–H and O–H groups in total. The average molecular weight is 440 g/mol. The molecule has 2 atom stereocenters. The quantitative estimate of drug-likeness (QED) is 0.751. The molecule has 7 heteroatoms. The molecule has 0 radical (unpaired) electrons. The zero-order valence-electron chi connectivity index (χ0n) is 17.9. The van der Waals surface area contributed by atoms with E-state index in [0.717, 1.165) is 22.4 Å². The summed E-state index contributed by atoms with van der Waals surface area (Å²) >= 11 is 1.67. The molecule has 1 aromatic heterocycles. The Morgan fingerprint density at radius 3 is 2.71 bits per heavy atom. The maximum absolute atomic E-state index is 13.2. The number of primary amides is 1. The highest BCUT2D eigenvalue weighted by Gasteiger charge is 2.45. The van der Waals surface area contributed by atoms with Crippen molar-refractivity contribution in [3.05, 3.63) is 47.3 Å². The Kier molecular flexibility index (Phi) is 6.14. The number of rotatable bonds is 6. The van der Waals surface area contributed by atoms with Crippen LogP contribution in [0.25, 0.3) is 10.4 Å². The first kappa shape index (κ1) is 21.6. The minimum atomic E-state index is -0.797. The van der Waals surface area contributed by atoms with Crippen LogP contribution >= 0.6 is 11.3 Å². The largest absolute Gasteiger partial charge is 0.369 e. The third-order valence-electron chi connectivity index (χ3n) is 6.69. The number of carbonyl (C=O) groups excluding carboxylic acids is 3. The van der Waals surface area contributed by atoms with Crippen LogP contribution in [0.4, 0.5) is 0 Å². The standard InChI is InChI=1S/C24H29N3O3S/c1-2-26-15-18(13-21(26)28)22(29)27-11-6-10-24(16-27,23(25)30)14-17-7-3-4-8-19(17)20-9-5-12-31-20/h3-5,7-9,12,18H,2,6,10-11,13-16H2,1H3,(H2,25,30)/t18-,24-/m0/s1. The predicted molar refractivity (Wildman–Crippen MR) is 121 cm³/mol.